The van der Waals surface area contributed by atoms with Gasteiger partial charge in [-0.1, -0.05) is 80.9 Å². The van der Waals surface area contributed by atoms with Gasteiger partial charge in [0.1, 0.15) is 0 Å². The first-order valence-electron chi connectivity index (χ1n) is 17.9. The second kappa shape index (κ2) is 11.1. The SMILES string of the molecule is CCC(CC)(CO[C@H]1[C@H](C)C[C@@]23COC[C@@]1(C)[C@@H]2CC[C@H]1C3=CC[C@@]2(C)[C@H](C(=O)O)[C@@](C)([C@H](C)C(C)C)CC[C@]12C)NC. The molecule has 4 aliphatic carbocycles. The summed E-state index contributed by atoms with van der Waals surface area (Å²) in [5, 5.41) is 14.5. The zero-order valence-electron chi connectivity index (χ0n) is 29.6. The van der Waals surface area contributed by atoms with Crippen LogP contribution in [0.4, 0.5) is 0 Å². The number of likely N-dealkylation sites (N-methyl/N-ethyl adjacent to an activating group) is 1. The normalized spacial score (nSPS) is 46.8. The number of carboxylic acid groups (broad SMARTS) is 1. The summed E-state index contributed by atoms with van der Waals surface area (Å²) in [5.41, 5.74) is 1.17. The molecule has 0 amide bonds. The summed E-state index contributed by atoms with van der Waals surface area (Å²) in [6, 6.07) is 0. The predicted octanol–water partition coefficient (Wildman–Crippen LogP) is 8.37. The van der Waals surface area contributed by atoms with E-state index in [1.54, 1.807) is 5.57 Å². The Morgan fingerprint density at radius 3 is 2.35 bits per heavy atom. The monoisotopic (exact) mass is 599 g/mol. The zero-order valence-corrected chi connectivity index (χ0v) is 29.6. The molecule has 5 heteroatoms. The van der Waals surface area contributed by atoms with Crippen LogP contribution in [0.25, 0.3) is 0 Å². The Bertz CT molecular complexity index is 1090. The van der Waals surface area contributed by atoms with Gasteiger partial charge in [0.25, 0.3) is 0 Å². The van der Waals surface area contributed by atoms with Gasteiger partial charge in [-0.05, 0) is 104 Å². The van der Waals surface area contributed by atoms with Crippen LogP contribution >= 0.6 is 0 Å². The highest BCUT2D eigenvalue weighted by Gasteiger charge is 2.71. The van der Waals surface area contributed by atoms with Crippen LogP contribution in [0.5, 0.6) is 0 Å². The molecule has 2 bridgehead atoms. The van der Waals surface area contributed by atoms with Crippen molar-refractivity contribution in [3.05, 3.63) is 11.6 Å². The Balaban J connectivity index is 1.52. The molecule has 43 heavy (non-hydrogen) atoms. The van der Waals surface area contributed by atoms with Gasteiger partial charge in [0.2, 0.25) is 0 Å². The molecule has 0 aromatic heterocycles. The molecule has 5 aliphatic rings. The number of nitrogens with one attached hydrogen (secondary N) is 1. The van der Waals surface area contributed by atoms with E-state index in [1.165, 1.54) is 6.42 Å². The van der Waals surface area contributed by atoms with Gasteiger partial charge in [-0.2, -0.15) is 0 Å². The Morgan fingerprint density at radius 1 is 1.09 bits per heavy atom. The van der Waals surface area contributed by atoms with Crippen molar-refractivity contribution in [1.82, 2.24) is 5.32 Å². The minimum atomic E-state index is -0.580. The smallest absolute Gasteiger partial charge is 0.307 e. The van der Waals surface area contributed by atoms with E-state index in [-0.39, 0.29) is 44.6 Å². The third kappa shape index (κ3) is 4.50. The van der Waals surface area contributed by atoms with Gasteiger partial charge in [0.15, 0.2) is 0 Å². The molecule has 1 heterocycles. The molecule has 246 valence electrons. The average Bonchev–Trinajstić information content (AvgIpc) is 2.95. The second-order valence-corrected chi connectivity index (χ2v) is 17.5. The molecule has 0 radical (unpaired) electrons. The summed E-state index contributed by atoms with van der Waals surface area (Å²) in [6.07, 6.45) is 11.3. The Morgan fingerprint density at radius 2 is 1.77 bits per heavy atom. The lowest BCUT2D eigenvalue weighted by Crippen LogP contribution is -2.69. The average molecular weight is 600 g/mol. The Labute approximate surface area is 263 Å². The van der Waals surface area contributed by atoms with Gasteiger partial charge in [-0.3, -0.25) is 4.79 Å². The van der Waals surface area contributed by atoms with Gasteiger partial charge < -0.3 is 19.9 Å². The largest absolute Gasteiger partial charge is 0.481 e. The molecule has 0 unspecified atom stereocenters. The Hall–Kier alpha value is -0.910. The maximum atomic E-state index is 13.3. The minimum Gasteiger partial charge on any atom is -0.481 e. The highest BCUT2D eigenvalue weighted by molar-refractivity contribution is 5.73. The van der Waals surface area contributed by atoms with Crippen molar-refractivity contribution in [3.63, 3.8) is 0 Å². The Kier molecular flexibility index (Phi) is 8.65. The summed E-state index contributed by atoms with van der Waals surface area (Å²) >= 11 is 0. The lowest BCUT2D eigenvalue weighted by Gasteiger charge is -2.71. The van der Waals surface area contributed by atoms with E-state index < -0.39 is 5.97 Å². The fraction of sp³-hybridized carbons (Fsp3) is 0.921. The highest BCUT2D eigenvalue weighted by Crippen LogP contribution is 2.75. The van der Waals surface area contributed by atoms with Crippen LogP contribution in [-0.2, 0) is 14.3 Å². The maximum absolute atomic E-state index is 13.3. The number of ether oxygens (including phenoxy) is 2. The van der Waals surface area contributed by atoms with Crippen LogP contribution in [0, 0.1) is 62.6 Å². The lowest BCUT2D eigenvalue weighted by molar-refractivity contribution is -0.253. The summed E-state index contributed by atoms with van der Waals surface area (Å²) in [6.45, 7) is 25.8. The molecular weight excluding hydrogens is 534 g/mol. The number of aliphatic carboxylic acids is 1. The lowest BCUT2D eigenvalue weighted by atomic mass is 9.34. The van der Waals surface area contributed by atoms with Gasteiger partial charge in [0, 0.05) is 16.4 Å². The van der Waals surface area contributed by atoms with E-state index in [2.05, 4.69) is 87.7 Å². The first-order valence-corrected chi connectivity index (χ1v) is 17.9. The number of hydrogen-bond donors (Lipinski definition) is 2. The van der Waals surface area contributed by atoms with E-state index in [4.69, 9.17) is 9.47 Å². The van der Waals surface area contributed by atoms with Crippen molar-refractivity contribution in [2.75, 3.05) is 26.9 Å². The fourth-order valence-electron chi connectivity index (χ4n) is 12.5. The van der Waals surface area contributed by atoms with E-state index in [0.717, 1.165) is 64.8 Å². The van der Waals surface area contributed by atoms with Crippen LogP contribution in [0.1, 0.15) is 121 Å². The molecule has 5 nitrogen and oxygen atoms in total. The van der Waals surface area contributed by atoms with Crippen molar-refractivity contribution in [1.29, 1.82) is 0 Å². The molecule has 0 aromatic rings. The van der Waals surface area contributed by atoms with Crippen LogP contribution in [0.15, 0.2) is 11.6 Å². The van der Waals surface area contributed by atoms with Crippen molar-refractivity contribution in [3.8, 4) is 0 Å². The highest BCUT2D eigenvalue weighted by atomic mass is 16.5. The van der Waals surface area contributed by atoms with E-state index in [1.807, 2.05) is 0 Å². The minimum absolute atomic E-state index is 0.0198. The number of rotatable bonds is 9. The zero-order chi connectivity index (χ0) is 31.8. The molecule has 11 atom stereocenters. The van der Waals surface area contributed by atoms with Crippen molar-refractivity contribution < 1.29 is 19.4 Å². The third-order valence-electron chi connectivity index (χ3n) is 15.8. The summed E-state index contributed by atoms with van der Waals surface area (Å²) in [4.78, 5) is 13.3. The molecule has 2 N–H and O–H groups in total. The molecule has 3 saturated carbocycles. The number of carbonyl (C=O) groups is 1. The summed E-state index contributed by atoms with van der Waals surface area (Å²) < 4.78 is 13.7. The quantitative estimate of drug-likeness (QED) is 0.261. The number of carboxylic acids is 1. The van der Waals surface area contributed by atoms with Crippen LogP contribution < -0.4 is 5.32 Å². The fourth-order valence-corrected chi connectivity index (χ4v) is 12.5. The standard InChI is InChI=1S/C38H65NO4/c1-12-37(13-2,39-11)22-43-31-25(5)20-38-23-42-21-34(31,8)29(38)15-14-27-28(38)16-17-36(10)30(32(40)41)33(7,26(6)24(3)4)18-19-35(27,36)9/h16,24-27,29-31,39H,12-15,17-23H2,1-11H3,(H,40,41)/t25-,26-,27+,29+,30-,31+,33-,34+,35-,36+,38+/m1/s1. The topological polar surface area (TPSA) is 67.8 Å². The molecular formula is C38H65NO4. The number of fused-ring (bicyclic) bond motifs is 3. The van der Waals surface area contributed by atoms with E-state index >= 15 is 0 Å². The van der Waals surface area contributed by atoms with Crippen molar-refractivity contribution >= 4 is 5.97 Å². The second-order valence-electron chi connectivity index (χ2n) is 17.5. The third-order valence-corrected chi connectivity index (χ3v) is 15.8. The molecule has 1 aliphatic heterocycles. The number of allylic oxidation sites excluding steroid dienone is 1. The predicted molar refractivity (Wildman–Crippen MR) is 175 cm³/mol. The van der Waals surface area contributed by atoms with E-state index in [9.17, 15) is 9.90 Å². The molecule has 0 spiro atoms. The summed E-state index contributed by atoms with van der Waals surface area (Å²) in [5.74, 6) is 1.32. The van der Waals surface area contributed by atoms with Gasteiger partial charge >= 0.3 is 5.97 Å². The first-order chi connectivity index (χ1) is 20.1. The molecule has 5 rings (SSSR count). The van der Waals surface area contributed by atoms with Gasteiger partial charge in [0.05, 0.1) is 31.8 Å². The van der Waals surface area contributed by atoms with Crippen molar-refractivity contribution in [2.24, 2.45) is 62.6 Å². The van der Waals surface area contributed by atoms with Crippen LogP contribution in [-0.4, -0.2) is 49.6 Å². The van der Waals surface area contributed by atoms with Crippen LogP contribution in [0.2, 0.25) is 0 Å². The van der Waals surface area contributed by atoms with Gasteiger partial charge in [-0.15, -0.1) is 0 Å². The maximum Gasteiger partial charge on any atom is 0.307 e. The first kappa shape index (κ1) is 33.5. The molecule has 0 aromatic carbocycles. The van der Waals surface area contributed by atoms with Crippen molar-refractivity contribution in [2.45, 2.75) is 132 Å². The van der Waals surface area contributed by atoms with Crippen LogP contribution in [0.3, 0.4) is 0 Å². The van der Waals surface area contributed by atoms with Gasteiger partial charge in [-0.25, -0.2) is 0 Å². The molecule has 4 fully saturated rings. The summed E-state index contributed by atoms with van der Waals surface area (Å²) in [7, 11) is 2.08. The van der Waals surface area contributed by atoms with E-state index in [0.29, 0.717) is 29.6 Å². The number of hydrogen-bond acceptors (Lipinski definition) is 4. The molecule has 1 saturated heterocycles.